The highest BCUT2D eigenvalue weighted by Gasteiger charge is 2.20. The van der Waals surface area contributed by atoms with Crippen LogP contribution in [-0.4, -0.2) is 36.1 Å². The molecule has 2 aromatic heterocycles. The Hall–Kier alpha value is -1.33. The average molecular weight is 309 g/mol. The van der Waals surface area contributed by atoms with Crippen molar-refractivity contribution >= 4 is 33.9 Å². The molecule has 0 amide bonds. The Morgan fingerprint density at radius 2 is 1.95 bits per heavy atom. The molecule has 106 valence electrons. The summed E-state index contributed by atoms with van der Waals surface area (Å²) in [6, 6.07) is 4.14. The molecule has 0 atom stereocenters. The number of pyridine rings is 1. The summed E-state index contributed by atoms with van der Waals surface area (Å²) < 4.78 is 0. The second kappa shape index (κ2) is 5.97. The molecule has 0 bridgehead atoms. The standard InChI is InChI=1S/C14H17ClN4S/c1-11-8-12(10-15)9-13(17-11)18-3-5-19(6-4-18)14-16-2-7-20-14/h2,7-9H,3-6,10H2,1H3. The molecule has 2 aromatic rings. The van der Waals surface area contributed by atoms with Gasteiger partial charge in [0.05, 0.1) is 0 Å². The van der Waals surface area contributed by atoms with Gasteiger partial charge in [-0.1, -0.05) is 0 Å². The predicted octanol–water partition coefficient (Wildman–Crippen LogP) is 2.91. The van der Waals surface area contributed by atoms with Crippen LogP contribution < -0.4 is 9.80 Å². The summed E-state index contributed by atoms with van der Waals surface area (Å²) in [5.41, 5.74) is 2.16. The molecule has 1 fully saturated rings. The Bertz CT molecular complexity index is 565. The van der Waals surface area contributed by atoms with Crippen LogP contribution >= 0.6 is 22.9 Å². The van der Waals surface area contributed by atoms with E-state index in [0.717, 1.165) is 48.4 Å². The average Bonchev–Trinajstić information content (AvgIpc) is 3.01. The third-order valence-corrected chi connectivity index (χ3v) is 4.59. The molecule has 0 spiro atoms. The van der Waals surface area contributed by atoms with Crippen molar-refractivity contribution in [3.63, 3.8) is 0 Å². The second-order valence-corrected chi connectivity index (χ2v) is 6.04. The Morgan fingerprint density at radius 3 is 2.60 bits per heavy atom. The van der Waals surface area contributed by atoms with E-state index in [0.29, 0.717) is 5.88 Å². The van der Waals surface area contributed by atoms with Crippen LogP contribution in [0.5, 0.6) is 0 Å². The zero-order valence-electron chi connectivity index (χ0n) is 11.4. The number of aryl methyl sites for hydroxylation is 1. The van der Waals surface area contributed by atoms with Gasteiger partial charge in [-0.2, -0.15) is 0 Å². The fraction of sp³-hybridized carbons (Fsp3) is 0.429. The number of thiazole rings is 1. The summed E-state index contributed by atoms with van der Waals surface area (Å²) in [7, 11) is 0. The summed E-state index contributed by atoms with van der Waals surface area (Å²) in [5.74, 6) is 1.58. The molecular weight excluding hydrogens is 292 g/mol. The maximum absolute atomic E-state index is 5.94. The first-order valence-electron chi connectivity index (χ1n) is 6.69. The molecule has 0 radical (unpaired) electrons. The Kier molecular flexibility index (Phi) is 4.08. The van der Waals surface area contributed by atoms with Crippen LogP contribution in [0.4, 0.5) is 10.9 Å². The molecule has 1 aliphatic heterocycles. The molecule has 1 aliphatic rings. The van der Waals surface area contributed by atoms with Gasteiger partial charge < -0.3 is 9.80 Å². The van der Waals surface area contributed by atoms with Gasteiger partial charge in [-0.25, -0.2) is 9.97 Å². The van der Waals surface area contributed by atoms with Crippen molar-refractivity contribution in [1.82, 2.24) is 9.97 Å². The van der Waals surface area contributed by atoms with Gasteiger partial charge in [0, 0.05) is 49.3 Å². The number of nitrogens with zero attached hydrogens (tertiary/aromatic N) is 4. The number of piperazine rings is 1. The molecule has 3 heterocycles. The number of halogens is 1. The quantitative estimate of drug-likeness (QED) is 0.816. The molecular formula is C14H17ClN4S. The summed E-state index contributed by atoms with van der Waals surface area (Å²) in [6.07, 6.45) is 1.86. The van der Waals surface area contributed by atoms with Crippen LogP contribution in [0.15, 0.2) is 23.7 Å². The first kappa shape index (κ1) is 13.6. The van der Waals surface area contributed by atoms with Gasteiger partial charge in [0.25, 0.3) is 0 Å². The van der Waals surface area contributed by atoms with Crippen molar-refractivity contribution in [3.8, 4) is 0 Å². The normalized spacial score (nSPS) is 15.7. The zero-order chi connectivity index (χ0) is 13.9. The van der Waals surface area contributed by atoms with Crippen molar-refractivity contribution in [3.05, 3.63) is 35.0 Å². The van der Waals surface area contributed by atoms with Crippen LogP contribution in [0.25, 0.3) is 0 Å². The smallest absolute Gasteiger partial charge is 0.185 e. The fourth-order valence-electron chi connectivity index (χ4n) is 2.46. The Morgan fingerprint density at radius 1 is 1.20 bits per heavy atom. The first-order valence-corrected chi connectivity index (χ1v) is 8.10. The van der Waals surface area contributed by atoms with E-state index in [-0.39, 0.29) is 0 Å². The van der Waals surface area contributed by atoms with E-state index in [9.17, 15) is 0 Å². The predicted molar refractivity (Wildman–Crippen MR) is 85.1 cm³/mol. The van der Waals surface area contributed by atoms with E-state index in [1.165, 1.54) is 0 Å². The Labute approximate surface area is 128 Å². The molecule has 0 N–H and O–H groups in total. The van der Waals surface area contributed by atoms with Gasteiger partial charge in [0.2, 0.25) is 0 Å². The molecule has 4 nitrogen and oxygen atoms in total. The van der Waals surface area contributed by atoms with Crippen molar-refractivity contribution in [2.75, 3.05) is 36.0 Å². The van der Waals surface area contributed by atoms with Gasteiger partial charge in [-0.3, -0.25) is 0 Å². The first-order chi connectivity index (χ1) is 9.76. The second-order valence-electron chi connectivity index (χ2n) is 4.90. The van der Waals surface area contributed by atoms with E-state index in [1.54, 1.807) is 11.3 Å². The monoisotopic (exact) mass is 308 g/mol. The zero-order valence-corrected chi connectivity index (χ0v) is 13.0. The van der Waals surface area contributed by atoms with Gasteiger partial charge in [-0.15, -0.1) is 22.9 Å². The van der Waals surface area contributed by atoms with Crippen LogP contribution in [0, 0.1) is 6.92 Å². The number of alkyl halides is 1. The van der Waals surface area contributed by atoms with Crippen molar-refractivity contribution in [1.29, 1.82) is 0 Å². The van der Waals surface area contributed by atoms with E-state index in [1.807, 2.05) is 24.6 Å². The largest absolute Gasteiger partial charge is 0.353 e. The maximum atomic E-state index is 5.94. The summed E-state index contributed by atoms with van der Waals surface area (Å²) in [4.78, 5) is 13.7. The van der Waals surface area contributed by atoms with E-state index >= 15 is 0 Å². The number of anilines is 2. The highest BCUT2D eigenvalue weighted by atomic mass is 35.5. The third kappa shape index (κ3) is 2.88. The van der Waals surface area contributed by atoms with E-state index < -0.39 is 0 Å². The van der Waals surface area contributed by atoms with Gasteiger partial charge in [-0.05, 0) is 24.6 Å². The topological polar surface area (TPSA) is 32.3 Å². The molecule has 0 saturated carbocycles. The fourth-order valence-corrected chi connectivity index (χ4v) is 3.31. The molecule has 0 aliphatic carbocycles. The van der Waals surface area contributed by atoms with Crippen LogP contribution in [0.1, 0.15) is 11.3 Å². The number of hydrogen-bond acceptors (Lipinski definition) is 5. The molecule has 0 unspecified atom stereocenters. The highest BCUT2D eigenvalue weighted by Crippen LogP contribution is 2.22. The Balaban J connectivity index is 1.70. The summed E-state index contributed by atoms with van der Waals surface area (Å²) >= 11 is 7.64. The van der Waals surface area contributed by atoms with Gasteiger partial charge >= 0.3 is 0 Å². The van der Waals surface area contributed by atoms with Crippen molar-refractivity contribution in [2.24, 2.45) is 0 Å². The lowest BCUT2D eigenvalue weighted by Gasteiger charge is -2.35. The molecule has 1 saturated heterocycles. The summed E-state index contributed by atoms with van der Waals surface area (Å²) in [6.45, 7) is 5.93. The molecule has 0 aromatic carbocycles. The lowest BCUT2D eigenvalue weighted by Crippen LogP contribution is -2.46. The lowest BCUT2D eigenvalue weighted by molar-refractivity contribution is 0.645. The van der Waals surface area contributed by atoms with Gasteiger partial charge in [0.15, 0.2) is 5.13 Å². The maximum Gasteiger partial charge on any atom is 0.185 e. The van der Waals surface area contributed by atoms with Gasteiger partial charge in [0.1, 0.15) is 5.82 Å². The molecule has 20 heavy (non-hydrogen) atoms. The van der Waals surface area contributed by atoms with Crippen molar-refractivity contribution in [2.45, 2.75) is 12.8 Å². The minimum atomic E-state index is 0.537. The number of hydrogen-bond donors (Lipinski definition) is 0. The SMILES string of the molecule is Cc1cc(CCl)cc(N2CCN(c3nccs3)CC2)n1. The van der Waals surface area contributed by atoms with Crippen molar-refractivity contribution < 1.29 is 0 Å². The van der Waals surface area contributed by atoms with Crippen LogP contribution in [-0.2, 0) is 5.88 Å². The molecule has 3 rings (SSSR count). The highest BCUT2D eigenvalue weighted by molar-refractivity contribution is 7.13. The third-order valence-electron chi connectivity index (χ3n) is 3.45. The number of aromatic nitrogens is 2. The lowest BCUT2D eigenvalue weighted by atomic mass is 10.2. The summed E-state index contributed by atoms with van der Waals surface area (Å²) in [5, 5.41) is 3.14. The van der Waals surface area contributed by atoms with E-state index in [2.05, 4.69) is 25.8 Å². The molecule has 6 heteroatoms. The minimum Gasteiger partial charge on any atom is -0.353 e. The minimum absolute atomic E-state index is 0.537. The van der Waals surface area contributed by atoms with Crippen LogP contribution in [0.3, 0.4) is 0 Å². The number of rotatable bonds is 3. The van der Waals surface area contributed by atoms with Crippen LogP contribution in [0.2, 0.25) is 0 Å². The van der Waals surface area contributed by atoms with E-state index in [4.69, 9.17) is 11.6 Å².